The molecule has 0 radical (unpaired) electrons. The zero-order valence-electron chi connectivity index (χ0n) is 15.1. The Morgan fingerprint density at radius 1 is 1.15 bits per heavy atom. The van der Waals surface area contributed by atoms with E-state index in [1.807, 2.05) is 42.5 Å². The summed E-state index contributed by atoms with van der Waals surface area (Å²) in [4.78, 5) is 14.8. The fourth-order valence-electron chi connectivity index (χ4n) is 3.44. The molecule has 0 aliphatic carbocycles. The number of hydrogen-bond donors (Lipinski definition) is 1. The predicted octanol–water partition coefficient (Wildman–Crippen LogP) is 3.84. The topological polar surface area (TPSA) is 41.6 Å². The highest BCUT2D eigenvalue weighted by Crippen LogP contribution is 2.29. The van der Waals surface area contributed by atoms with E-state index < -0.39 is 0 Å². The van der Waals surface area contributed by atoms with Crippen LogP contribution in [0.3, 0.4) is 0 Å². The molecule has 1 amide bonds. The van der Waals surface area contributed by atoms with Crippen LogP contribution in [0.25, 0.3) is 0 Å². The van der Waals surface area contributed by atoms with E-state index in [1.165, 1.54) is 12.8 Å². The van der Waals surface area contributed by atoms with Crippen LogP contribution in [0.15, 0.2) is 48.5 Å². The number of carbonyl (C=O) groups is 1. The second kappa shape index (κ2) is 9.06. The van der Waals surface area contributed by atoms with Crippen LogP contribution < -0.4 is 10.1 Å². The second-order valence-electron chi connectivity index (χ2n) is 6.61. The minimum Gasteiger partial charge on any atom is -0.497 e. The van der Waals surface area contributed by atoms with Crippen LogP contribution in [0.5, 0.6) is 5.75 Å². The first-order valence-corrected chi connectivity index (χ1v) is 9.43. The van der Waals surface area contributed by atoms with E-state index in [0.717, 1.165) is 35.0 Å². The summed E-state index contributed by atoms with van der Waals surface area (Å²) in [5, 5.41) is 3.85. The van der Waals surface area contributed by atoms with Gasteiger partial charge in [-0.3, -0.25) is 9.69 Å². The third kappa shape index (κ3) is 4.77. The van der Waals surface area contributed by atoms with Gasteiger partial charge in [0.05, 0.1) is 19.6 Å². The summed E-state index contributed by atoms with van der Waals surface area (Å²) in [6.07, 6.45) is 2.75. The smallest absolute Gasteiger partial charge is 0.224 e. The van der Waals surface area contributed by atoms with Crippen molar-refractivity contribution >= 4 is 17.5 Å². The minimum absolute atomic E-state index is 0.0198. The summed E-state index contributed by atoms with van der Waals surface area (Å²) in [7, 11) is 1.63. The molecule has 1 saturated heterocycles. The molecule has 1 fully saturated rings. The molecule has 0 unspecified atom stereocenters. The summed E-state index contributed by atoms with van der Waals surface area (Å²) in [6.45, 7) is 2.66. The molecule has 2 aromatic carbocycles. The Labute approximate surface area is 160 Å². The van der Waals surface area contributed by atoms with Crippen LogP contribution in [0.1, 0.15) is 30.0 Å². The molecule has 5 heteroatoms. The van der Waals surface area contributed by atoms with Gasteiger partial charge in [-0.1, -0.05) is 41.9 Å². The molecule has 0 bridgehead atoms. The van der Waals surface area contributed by atoms with Crippen molar-refractivity contribution in [2.75, 3.05) is 26.7 Å². The zero-order valence-corrected chi connectivity index (χ0v) is 15.8. The summed E-state index contributed by atoms with van der Waals surface area (Å²) in [5.41, 5.74) is 2.06. The first-order chi connectivity index (χ1) is 12.7. The molecule has 1 heterocycles. The van der Waals surface area contributed by atoms with Crippen molar-refractivity contribution < 1.29 is 9.53 Å². The highest BCUT2D eigenvalue weighted by atomic mass is 35.5. The lowest BCUT2D eigenvalue weighted by molar-refractivity contribution is -0.120. The van der Waals surface area contributed by atoms with E-state index in [2.05, 4.69) is 16.3 Å². The van der Waals surface area contributed by atoms with E-state index in [0.29, 0.717) is 13.0 Å². The standard InChI is InChI=1S/C21H25ClN2O2/c1-26-17-10-8-16(9-11-17)14-21(25)23-15-20(24-12-4-5-13-24)18-6-2-3-7-19(18)22/h2-3,6-11,20H,4-5,12-15H2,1H3,(H,23,25)/t20-/m1/s1. The number of ether oxygens (including phenoxy) is 1. The molecule has 1 aliphatic rings. The van der Waals surface area contributed by atoms with Gasteiger partial charge >= 0.3 is 0 Å². The summed E-state index contributed by atoms with van der Waals surface area (Å²) >= 11 is 6.42. The fourth-order valence-corrected chi connectivity index (χ4v) is 3.70. The summed E-state index contributed by atoms with van der Waals surface area (Å²) < 4.78 is 5.15. The Morgan fingerprint density at radius 3 is 2.50 bits per heavy atom. The average Bonchev–Trinajstić information content (AvgIpc) is 3.18. The Morgan fingerprint density at radius 2 is 1.85 bits per heavy atom. The van der Waals surface area contributed by atoms with Crippen molar-refractivity contribution in [3.8, 4) is 5.75 Å². The number of likely N-dealkylation sites (tertiary alicyclic amines) is 1. The number of carbonyl (C=O) groups excluding carboxylic acids is 1. The number of hydrogen-bond acceptors (Lipinski definition) is 3. The van der Waals surface area contributed by atoms with Gasteiger partial charge in [-0.2, -0.15) is 0 Å². The number of nitrogens with zero attached hydrogens (tertiary/aromatic N) is 1. The number of rotatable bonds is 7. The Balaban J connectivity index is 1.63. The minimum atomic E-state index is 0.0198. The highest BCUT2D eigenvalue weighted by molar-refractivity contribution is 6.31. The van der Waals surface area contributed by atoms with E-state index >= 15 is 0 Å². The Bertz CT molecular complexity index is 727. The first-order valence-electron chi connectivity index (χ1n) is 9.05. The first kappa shape index (κ1) is 18.7. The van der Waals surface area contributed by atoms with Crippen LogP contribution in [0.2, 0.25) is 5.02 Å². The normalized spacial score (nSPS) is 15.6. The highest BCUT2D eigenvalue weighted by Gasteiger charge is 2.25. The summed E-state index contributed by atoms with van der Waals surface area (Å²) in [5.74, 6) is 0.813. The molecule has 3 rings (SSSR count). The van der Waals surface area contributed by atoms with E-state index in [9.17, 15) is 4.79 Å². The molecule has 1 atom stereocenters. The fraction of sp³-hybridized carbons (Fsp3) is 0.381. The monoisotopic (exact) mass is 372 g/mol. The lowest BCUT2D eigenvalue weighted by Gasteiger charge is -2.29. The van der Waals surface area contributed by atoms with Gasteiger partial charge in [0.2, 0.25) is 5.91 Å². The quantitative estimate of drug-likeness (QED) is 0.802. The number of methoxy groups -OCH3 is 1. The van der Waals surface area contributed by atoms with Gasteiger partial charge in [-0.15, -0.1) is 0 Å². The van der Waals surface area contributed by atoms with Gasteiger partial charge in [-0.25, -0.2) is 0 Å². The SMILES string of the molecule is COc1ccc(CC(=O)NC[C@H](c2ccccc2Cl)N2CCCC2)cc1. The average molecular weight is 373 g/mol. The van der Waals surface area contributed by atoms with Crippen LogP contribution in [-0.2, 0) is 11.2 Å². The molecule has 2 aromatic rings. The lowest BCUT2D eigenvalue weighted by Crippen LogP contribution is -2.37. The third-order valence-corrected chi connectivity index (χ3v) is 5.21. The van der Waals surface area contributed by atoms with Crippen molar-refractivity contribution in [1.29, 1.82) is 0 Å². The number of nitrogens with one attached hydrogen (secondary N) is 1. The van der Waals surface area contributed by atoms with Crippen molar-refractivity contribution in [3.63, 3.8) is 0 Å². The maximum Gasteiger partial charge on any atom is 0.224 e. The largest absolute Gasteiger partial charge is 0.497 e. The van der Waals surface area contributed by atoms with Crippen molar-refractivity contribution in [1.82, 2.24) is 10.2 Å². The van der Waals surface area contributed by atoms with E-state index in [4.69, 9.17) is 16.3 Å². The van der Waals surface area contributed by atoms with Gasteiger partial charge in [0.15, 0.2) is 0 Å². The molecule has 4 nitrogen and oxygen atoms in total. The molecular formula is C21H25ClN2O2. The van der Waals surface area contributed by atoms with Crippen LogP contribution in [0.4, 0.5) is 0 Å². The summed E-state index contributed by atoms with van der Waals surface area (Å²) in [6, 6.07) is 15.6. The van der Waals surface area contributed by atoms with Gasteiger partial charge < -0.3 is 10.1 Å². The van der Waals surface area contributed by atoms with Crippen molar-refractivity contribution in [2.24, 2.45) is 0 Å². The van der Waals surface area contributed by atoms with Crippen molar-refractivity contribution in [3.05, 3.63) is 64.7 Å². The Kier molecular flexibility index (Phi) is 6.53. The van der Waals surface area contributed by atoms with E-state index in [1.54, 1.807) is 7.11 Å². The van der Waals surface area contributed by atoms with Gasteiger partial charge in [0.25, 0.3) is 0 Å². The maximum atomic E-state index is 12.4. The van der Waals surface area contributed by atoms with Gasteiger partial charge in [0, 0.05) is 11.6 Å². The zero-order chi connectivity index (χ0) is 18.4. The molecule has 1 aliphatic heterocycles. The molecule has 0 saturated carbocycles. The van der Waals surface area contributed by atoms with Crippen LogP contribution in [-0.4, -0.2) is 37.6 Å². The molecule has 1 N–H and O–H groups in total. The molecular weight excluding hydrogens is 348 g/mol. The Hall–Kier alpha value is -2.04. The number of halogens is 1. The van der Waals surface area contributed by atoms with Crippen molar-refractivity contribution in [2.45, 2.75) is 25.3 Å². The lowest BCUT2D eigenvalue weighted by atomic mass is 10.0. The van der Waals surface area contributed by atoms with Gasteiger partial charge in [0.1, 0.15) is 5.75 Å². The number of amides is 1. The molecule has 0 aromatic heterocycles. The maximum absolute atomic E-state index is 12.4. The molecule has 0 spiro atoms. The van der Waals surface area contributed by atoms with Crippen LogP contribution >= 0.6 is 11.6 Å². The predicted molar refractivity (Wildman–Crippen MR) is 105 cm³/mol. The number of benzene rings is 2. The molecule has 138 valence electrons. The third-order valence-electron chi connectivity index (χ3n) is 4.86. The molecule has 26 heavy (non-hydrogen) atoms. The van der Waals surface area contributed by atoms with Crippen LogP contribution in [0, 0.1) is 0 Å². The van der Waals surface area contributed by atoms with E-state index in [-0.39, 0.29) is 11.9 Å². The second-order valence-corrected chi connectivity index (χ2v) is 7.02. The van der Waals surface area contributed by atoms with Gasteiger partial charge in [-0.05, 0) is 55.3 Å².